The Hall–Kier alpha value is -2.89. The molecule has 0 spiro atoms. The predicted molar refractivity (Wildman–Crippen MR) is 93.0 cm³/mol. The van der Waals surface area contributed by atoms with Crippen LogP contribution in [0.2, 0.25) is 0 Å². The first-order valence-corrected chi connectivity index (χ1v) is 8.44. The lowest BCUT2D eigenvalue weighted by molar-refractivity contribution is -0.135. The van der Waals surface area contributed by atoms with Crippen molar-refractivity contribution in [2.45, 2.75) is 38.4 Å². The summed E-state index contributed by atoms with van der Waals surface area (Å²) in [5.41, 5.74) is 1.10. The quantitative estimate of drug-likeness (QED) is 0.718. The van der Waals surface area contributed by atoms with Crippen LogP contribution in [0, 0.1) is 0 Å². The maximum Gasteiger partial charge on any atom is 0.269 e. The molecule has 4 rings (SSSR count). The number of fused-ring (bicyclic) bond motifs is 1. The zero-order chi connectivity index (χ0) is 17.4. The number of rotatable bonds is 5. The van der Waals surface area contributed by atoms with Gasteiger partial charge in [0.1, 0.15) is 12.3 Å². The van der Waals surface area contributed by atoms with Gasteiger partial charge in [-0.15, -0.1) is 0 Å². The number of hydrogen-bond donors (Lipinski definition) is 0. The molecule has 2 heterocycles. The van der Waals surface area contributed by atoms with E-state index in [1.165, 1.54) is 10.8 Å². The Labute approximate surface area is 144 Å². The Morgan fingerprint density at radius 3 is 2.84 bits per heavy atom. The van der Waals surface area contributed by atoms with Gasteiger partial charge in [0.25, 0.3) is 5.56 Å². The summed E-state index contributed by atoms with van der Waals surface area (Å²) in [6, 6.07) is 11.1. The Bertz CT molecular complexity index is 957. The van der Waals surface area contributed by atoms with Crippen molar-refractivity contribution in [2.75, 3.05) is 0 Å². The number of carbonyl (C=O) groups excluding carboxylic acids is 1. The SMILES string of the molecule is CC(c1ccco1)N(C(=O)Cn1c(=O)cnc2ccccc21)C1CC1. The van der Waals surface area contributed by atoms with Gasteiger partial charge in [-0.25, -0.2) is 4.98 Å². The van der Waals surface area contributed by atoms with Crippen molar-refractivity contribution < 1.29 is 9.21 Å². The number of amides is 1. The molecule has 1 unspecified atom stereocenters. The molecule has 1 amide bonds. The zero-order valence-electron chi connectivity index (χ0n) is 14.0. The van der Waals surface area contributed by atoms with E-state index in [0.717, 1.165) is 18.6 Å². The van der Waals surface area contributed by atoms with Crippen LogP contribution in [0.5, 0.6) is 0 Å². The highest BCUT2D eigenvalue weighted by atomic mass is 16.3. The van der Waals surface area contributed by atoms with Crippen LogP contribution in [0.1, 0.15) is 31.6 Å². The van der Waals surface area contributed by atoms with E-state index in [0.29, 0.717) is 11.0 Å². The van der Waals surface area contributed by atoms with E-state index in [2.05, 4.69) is 4.98 Å². The molecule has 6 nitrogen and oxygen atoms in total. The monoisotopic (exact) mass is 337 g/mol. The second kappa shape index (κ2) is 6.20. The molecule has 0 aliphatic heterocycles. The minimum atomic E-state index is -0.270. The molecule has 0 bridgehead atoms. The van der Waals surface area contributed by atoms with E-state index >= 15 is 0 Å². The van der Waals surface area contributed by atoms with Crippen molar-refractivity contribution in [1.29, 1.82) is 0 Å². The van der Waals surface area contributed by atoms with E-state index in [4.69, 9.17) is 4.42 Å². The maximum atomic E-state index is 13.0. The van der Waals surface area contributed by atoms with Gasteiger partial charge in [0.05, 0.1) is 29.5 Å². The summed E-state index contributed by atoms with van der Waals surface area (Å²) in [7, 11) is 0. The summed E-state index contributed by atoms with van der Waals surface area (Å²) in [4.78, 5) is 31.3. The van der Waals surface area contributed by atoms with E-state index in [9.17, 15) is 9.59 Å². The van der Waals surface area contributed by atoms with Crippen molar-refractivity contribution in [1.82, 2.24) is 14.5 Å². The van der Waals surface area contributed by atoms with Crippen LogP contribution in [0.15, 0.2) is 58.1 Å². The average molecular weight is 337 g/mol. The molecule has 1 fully saturated rings. The van der Waals surface area contributed by atoms with Gasteiger partial charge in [-0.05, 0) is 44.0 Å². The van der Waals surface area contributed by atoms with Crippen molar-refractivity contribution >= 4 is 16.9 Å². The Balaban J connectivity index is 1.67. The normalized spacial score (nSPS) is 15.2. The van der Waals surface area contributed by atoms with Gasteiger partial charge in [0, 0.05) is 6.04 Å². The fourth-order valence-electron chi connectivity index (χ4n) is 3.25. The van der Waals surface area contributed by atoms with Crippen LogP contribution in [0.25, 0.3) is 11.0 Å². The third-order valence-corrected chi connectivity index (χ3v) is 4.65. The van der Waals surface area contributed by atoms with Gasteiger partial charge in [0.2, 0.25) is 5.91 Å². The number of para-hydroxylation sites is 2. The van der Waals surface area contributed by atoms with Gasteiger partial charge >= 0.3 is 0 Å². The average Bonchev–Trinajstić information content (AvgIpc) is 3.29. The summed E-state index contributed by atoms with van der Waals surface area (Å²) in [6.07, 6.45) is 4.86. The van der Waals surface area contributed by atoms with Gasteiger partial charge in [-0.3, -0.25) is 14.2 Å². The van der Waals surface area contributed by atoms with E-state index in [1.807, 2.05) is 48.2 Å². The third kappa shape index (κ3) is 2.95. The van der Waals surface area contributed by atoms with Crippen molar-refractivity contribution in [3.05, 3.63) is 65.0 Å². The number of carbonyl (C=O) groups is 1. The highest BCUT2D eigenvalue weighted by Crippen LogP contribution is 2.34. The van der Waals surface area contributed by atoms with Crippen molar-refractivity contribution in [3.63, 3.8) is 0 Å². The lowest BCUT2D eigenvalue weighted by Crippen LogP contribution is -2.39. The number of benzene rings is 1. The van der Waals surface area contributed by atoms with Gasteiger partial charge < -0.3 is 9.32 Å². The van der Waals surface area contributed by atoms with Gasteiger partial charge in [-0.2, -0.15) is 0 Å². The van der Waals surface area contributed by atoms with Crippen molar-refractivity contribution in [2.24, 2.45) is 0 Å². The highest BCUT2D eigenvalue weighted by molar-refractivity contribution is 5.80. The summed E-state index contributed by atoms with van der Waals surface area (Å²) < 4.78 is 6.97. The minimum absolute atomic E-state index is 0.00339. The molecule has 1 aliphatic carbocycles. The van der Waals surface area contributed by atoms with E-state index in [-0.39, 0.29) is 30.1 Å². The van der Waals surface area contributed by atoms with Crippen LogP contribution in [0.4, 0.5) is 0 Å². The molecule has 1 aromatic carbocycles. The summed E-state index contributed by atoms with van der Waals surface area (Å²) in [5, 5.41) is 0. The molecule has 1 atom stereocenters. The topological polar surface area (TPSA) is 68.3 Å². The Kier molecular flexibility index (Phi) is 3.87. The zero-order valence-corrected chi connectivity index (χ0v) is 14.0. The second-order valence-electron chi connectivity index (χ2n) is 6.39. The Morgan fingerprint density at radius 1 is 1.32 bits per heavy atom. The highest BCUT2D eigenvalue weighted by Gasteiger charge is 2.37. The van der Waals surface area contributed by atoms with Crippen LogP contribution >= 0.6 is 0 Å². The molecule has 0 saturated heterocycles. The van der Waals surface area contributed by atoms with Crippen LogP contribution in [0.3, 0.4) is 0 Å². The predicted octanol–water partition coefficient (Wildman–Crippen LogP) is 2.74. The smallest absolute Gasteiger partial charge is 0.269 e. The van der Waals surface area contributed by atoms with Gasteiger partial charge in [-0.1, -0.05) is 12.1 Å². The first-order valence-electron chi connectivity index (χ1n) is 8.44. The molecule has 2 aromatic heterocycles. The summed E-state index contributed by atoms with van der Waals surface area (Å²) >= 11 is 0. The Morgan fingerprint density at radius 2 is 2.12 bits per heavy atom. The summed E-state index contributed by atoms with van der Waals surface area (Å²) in [6.45, 7) is 1.96. The van der Waals surface area contributed by atoms with E-state index < -0.39 is 0 Å². The molecule has 25 heavy (non-hydrogen) atoms. The summed E-state index contributed by atoms with van der Waals surface area (Å²) in [5.74, 6) is 0.678. The van der Waals surface area contributed by atoms with Crippen LogP contribution < -0.4 is 5.56 Å². The second-order valence-corrected chi connectivity index (χ2v) is 6.39. The van der Waals surface area contributed by atoms with Crippen molar-refractivity contribution in [3.8, 4) is 0 Å². The number of furan rings is 1. The standard InChI is InChI=1S/C19H19N3O3/c1-13(17-7-4-10-25-17)22(14-8-9-14)19(24)12-21-16-6-3-2-5-15(16)20-11-18(21)23/h2-7,10-11,13-14H,8-9,12H2,1H3. The number of hydrogen-bond acceptors (Lipinski definition) is 4. The van der Waals surface area contributed by atoms with E-state index in [1.54, 1.807) is 6.26 Å². The molecular formula is C19H19N3O3. The molecule has 6 heteroatoms. The molecule has 128 valence electrons. The minimum Gasteiger partial charge on any atom is -0.467 e. The molecule has 1 aliphatic rings. The van der Waals surface area contributed by atoms with Crippen LogP contribution in [-0.2, 0) is 11.3 Å². The fraction of sp³-hybridized carbons (Fsp3) is 0.316. The fourth-order valence-corrected chi connectivity index (χ4v) is 3.25. The molecule has 1 saturated carbocycles. The molecular weight excluding hydrogens is 318 g/mol. The molecule has 0 radical (unpaired) electrons. The van der Waals surface area contributed by atoms with Crippen LogP contribution in [-0.4, -0.2) is 26.4 Å². The molecule has 0 N–H and O–H groups in total. The first-order chi connectivity index (χ1) is 12.1. The lowest BCUT2D eigenvalue weighted by Gasteiger charge is -2.28. The largest absolute Gasteiger partial charge is 0.467 e. The number of aromatic nitrogens is 2. The number of nitrogens with zero attached hydrogens (tertiary/aromatic N) is 3. The first kappa shape index (κ1) is 15.6. The van der Waals surface area contributed by atoms with Gasteiger partial charge in [0.15, 0.2) is 0 Å². The lowest BCUT2D eigenvalue weighted by atomic mass is 10.2. The maximum absolute atomic E-state index is 13.0. The third-order valence-electron chi connectivity index (χ3n) is 4.65. The molecule has 3 aromatic rings.